The maximum atomic E-state index is 12.5. The highest BCUT2D eigenvalue weighted by molar-refractivity contribution is 7.09. The molecule has 3 rings (SSSR count). The average Bonchev–Trinajstić information content (AvgIpc) is 3.16. The first kappa shape index (κ1) is 21.0. The summed E-state index contributed by atoms with van der Waals surface area (Å²) in [4.78, 5) is 35.1. The summed E-state index contributed by atoms with van der Waals surface area (Å²) < 4.78 is 4.01. The maximum absolute atomic E-state index is 12.5. The van der Waals surface area contributed by atoms with E-state index >= 15 is 0 Å². The lowest BCUT2D eigenvalue weighted by Crippen LogP contribution is -2.48. The summed E-state index contributed by atoms with van der Waals surface area (Å²) in [7, 11) is 0. The zero-order valence-electron chi connectivity index (χ0n) is 16.8. The van der Waals surface area contributed by atoms with E-state index in [2.05, 4.69) is 24.5 Å². The molecule has 1 aromatic carbocycles. The molecular formula is C19H27N7O2S. The van der Waals surface area contributed by atoms with Crippen molar-refractivity contribution in [3.05, 3.63) is 29.8 Å². The predicted octanol–water partition coefficient (Wildman–Crippen LogP) is 1.36. The third-order valence-electron chi connectivity index (χ3n) is 4.88. The Labute approximate surface area is 174 Å². The molecule has 0 aliphatic carbocycles. The SMILES string of the molecule is CCN(CC)C(=O)c1cccc(NC(=O)CN2CCN(c3nc(N)ns3)CC2)c1. The number of anilines is 3. The van der Waals surface area contributed by atoms with E-state index in [1.165, 1.54) is 11.5 Å². The Morgan fingerprint density at radius 2 is 1.93 bits per heavy atom. The quantitative estimate of drug-likeness (QED) is 0.700. The van der Waals surface area contributed by atoms with Gasteiger partial charge < -0.3 is 20.9 Å². The monoisotopic (exact) mass is 417 g/mol. The molecule has 1 aromatic heterocycles. The molecule has 0 spiro atoms. The summed E-state index contributed by atoms with van der Waals surface area (Å²) in [6.45, 7) is 8.58. The van der Waals surface area contributed by atoms with Crippen LogP contribution in [0.1, 0.15) is 24.2 Å². The fourth-order valence-electron chi connectivity index (χ4n) is 3.28. The molecule has 29 heavy (non-hydrogen) atoms. The van der Waals surface area contributed by atoms with Gasteiger partial charge in [0.05, 0.1) is 6.54 Å². The van der Waals surface area contributed by atoms with Gasteiger partial charge in [-0.3, -0.25) is 14.5 Å². The van der Waals surface area contributed by atoms with Crippen molar-refractivity contribution in [2.24, 2.45) is 0 Å². The minimum Gasteiger partial charge on any atom is -0.367 e. The second-order valence-corrected chi connectivity index (χ2v) is 7.54. The van der Waals surface area contributed by atoms with Gasteiger partial charge in [-0.25, -0.2) is 0 Å². The van der Waals surface area contributed by atoms with Crippen molar-refractivity contribution >= 4 is 40.1 Å². The molecule has 2 heterocycles. The molecular weight excluding hydrogens is 390 g/mol. The van der Waals surface area contributed by atoms with Crippen LogP contribution in [0, 0.1) is 0 Å². The Morgan fingerprint density at radius 3 is 2.55 bits per heavy atom. The summed E-state index contributed by atoms with van der Waals surface area (Å²) >= 11 is 1.29. The van der Waals surface area contributed by atoms with Gasteiger partial charge in [0.2, 0.25) is 17.0 Å². The topological polar surface area (TPSA) is 108 Å². The molecule has 1 fully saturated rings. The van der Waals surface area contributed by atoms with E-state index in [1.807, 2.05) is 13.8 Å². The van der Waals surface area contributed by atoms with Crippen LogP contribution in [0.15, 0.2) is 24.3 Å². The summed E-state index contributed by atoms with van der Waals surface area (Å²) in [6.07, 6.45) is 0. The molecule has 3 N–H and O–H groups in total. The summed E-state index contributed by atoms with van der Waals surface area (Å²) in [5.41, 5.74) is 6.80. The number of hydrogen-bond acceptors (Lipinski definition) is 8. The zero-order valence-corrected chi connectivity index (χ0v) is 17.6. The van der Waals surface area contributed by atoms with Gasteiger partial charge in [-0.1, -0.05) is 6.07 Å². The smallest absolute Gasteiger partial charge is 0.253 e. The lowest BCUT2D eigenvalue weighted by Gasteiger charge is -2.33. The highest BCUT2D eigenvalue weighted by Crippen LogP contribution is 2.19. The molecule has 156 valence electrons. The number of nitrogens with two attached hydrogens (primary N) is 1. The first-order chi connectivity index (χ1) is 14.0. The molecule has 2 aromatic rings. The number of aromatic nitrogens is 2. The van der Waals surface area contributed by atoms with E-state index in [0.717, 1.165) is 31.3 Å². The van der Waals surface area contributed by atoms with Crippen LogP contribution in [0.3, 0.4) is 0 Å². The zero-order chi connectivity index (χ0) is 20.8. The molecule has 1 saturated heterocycles. The minimum absolute atomic E-state index is 0.0282. The fraction of sp³-hybridized carbons (Fsp3) is 0.474. The van der Waals surface area contributed by atoms with Crippen molar-refractivity contribution in [3.63, 3.8) is 0 Å². The highest BCUT2D eigenvalue weighted by Gasteiger charge is 2.21. The molecule has 0 unspecified atom stereocenters. The van der Waals surface area contributed by atoms with Crippen molar-refractivity contribution in [2.45, 2.75) is 13.8 Å². The first-order valence-corrected chi connectivity index (χ1v) is 10.5. The Hall–Kier alpha value is -2.72. The maximum Gasteiger partial charge on any atom is 0.253 e. The van der Waals surface area contributed by atoms with Crippen molar-refractivity contribution in [1.82, 2.24) is 19.2 Å². The lowest BCUT2D eigenvalue weighted by atomic mass is 10.1. The summed E-state index contributed by atoms with van der Waals surface area (Å²) in [6, 6.07) is 7.10. The van der Waals surface area contributed by atoms with Crippen LogP contribution in [0.25, 0.3) is 0 Å². The highest BCUT2D eigenvalue weighted by atomic mass is 32.1. The van der Waals surface area contributed by atoms with Crippen molar-refractivity contribution in [2.75, 3.05) is 61.8 Å². The fourth-order valence-corrected chi connectivity index (χ4v) is 3.93. The van der Waals surface area contributed by atoms with Gasteiger partial charge >= 0.3 is 0 Å². The van der Waals surface area contributed by atoms with Crippen LogP contribution in [-0.4, -0.2) is 76.8 Å². The Kier molecular flexibility index (Phi) is 6.99. The van der Waals surface area contributed by atoms with E-state index in [1.54, 1.807) is 29.2 Å². The van der Waals surface area contributed by atoms with Crippen molar-refractivity contribution in [3.8, 4) is 0 Å². The van der Waals surface area contributed by atoms with Crippen LogP contribution < -0.4 is 16.0 Å². The van der Waals surface area contributed by atoms with Crippen LogP contribution in [-0.2, 0) is 4.79 Å². The van der Waals surface area contributed by atoms with Gasteiger partial charge in [0, 0.05) is 62.1 Å². The number of piperazine rings is 1. The molecule has 2 amide bonds. The number of rotatable bonds is 7. The molecule has 1 aliphatic rings. The van der Waals surface area contributed by atoms with Crippen LogP contribution in [0.4, 0.5) is 16.8 Å². The minimum atomic E-state index is -0.0916. The third kappa shape index (κ3) is 5.42. The largest absolute Gasteiger partial charge is 0.367 e. The second-order valence-electron chi connectivity index (χ2n) is 6.80. The van der Waals surface area contributed by atoms with Gasteiger partial charge in [0.15, 0.2) is 0 Å². The molecule has 10 heteroatoms. The molecule has 1 aliphatic heterocycles. The van der Waals surface area contributed by atoms with Crippen molar-refractivity contribution < 1.29 is 9.59 Å². The van der Waals surface area contributed by atoms with Crippen molar-refractivity contribution in [1.29, 1.82) is 0 Å². The van der Waals surface area contributed by atoms with E-state index in [-0.39, 0.29) is 11.8 Å². The van der Waals surface area contributed by atoms with Gasteiger partial charge in [-0.2, -0.15) is 9.36 Å². The molecule has 0 saturated carbocycles. The Balaban J connectivity index is 1.51. The molecule has 0 bridgehead atoms. The predicted molar refractivity (Wildman–Crippen MR) is 115 cm³/mol. The van der Waals surface area contributed by atoms with E-state index in [0.29, 0.717) is 36.8 Å². The second kappa shape index (κ2) is 9.66. The van der Waals surface area contributed by atoms with Crippen LogP contribution in [0.2, 0.25) is 0 Å². The number of hydrogen-bond donors (Lipinski definition) is 2. The van der Waals surface area contributed by atoms with E-state index < -0.39 is 0 Å². The average molecular weight is 418 g/mol. The number of amides is 2. The molecule has 0 atom stereocenters. The van der Waals surface area contributed by atoms with Gasteiger partial charge in [-0.05, 0) is 32.0 Å². The number of carbonyl (C=O) groups is 2. The number of carbonyl (C=O) groups excluding carboxylic acids is 2. The number of benzene rings is 1. The first-order valence-electron chi connectivity index (χ1n) is 9.75. The number of nitrogens with zero attached hydrogens (tertiary/aromatic N) is 5. The molecule has 9 nitrogen and oxygen atoms in total. The Bertz CT molecular complexity index is 845. The van der Waals surface area contributed by atoms with E-state index in [4.69, 9.17) is 5.73 Å². The number of nitrogens with one attached hydrogen (secondary N) is 1. The standard InChI is InChI=1S/C19H27N7O2S/c1-3-25(4-2)17(28)14-6-5-7-15(12-14)21-16(27)13-24-8-10-26(11-9-24)19-22-18(20)23-29-19/h5-7,12H,3-4,8-11,13H2,1-2H3,(H2,20,23)(H,21,27). The molecule has 0 radical (unpaired) electrons. The lowest BCUT2D eigenvalue weighted by molar-refractivity contribution is -0.117. The Morgan fingerprint density at radius 1 is 1.21 bits per heavy atom. The van der Waals surface area contributed by atoms with E-state index in [9.17, 15) is 9.59 Å². The van der Waals surface area contributed by atoms with Crippen LogP contribution >= 0.6 is 11.5 Å². The summed E-state index contributed by atoms with van der Waals surface area (Å²) in [5.74, 6) is 0.180. The summed E-state index contributed by atoms with van der Waals surface area (Å²) in [5, 5.41) is 3.72. The van der Waals surface area contributed by atoms with Crippen LogP contribution in [0.5, 0.6) is 0 Å². The normalized spacial score (nSPS) is 14.6. The van der Waals surface area contributed by atoms with Gasteiger partial charge in [0.25, 0.3) is 5.91 Å². The van der Waals surface area contributed by atoms with Gasteiger partial charge in [0.1, 0.15) is 0 Å². The third-order valence-corrected chi connectivity index (χ3v) is 5.68. The van der Waals surface area contributed by atoms with Gasteiger partial charge in [-0.15, -0.1) is 0 Å². The number of nitrogen functional groups attached to an aromatic ring is 1.